The zero-order valence-electron chi connectivity index (χ0n) is 15.9. The quantitative estimate of drug-likeness (QED) is 0.463. The van der Waals surface area contributed by atoms with Crippen molar-refractivity contribution in [3.05, 3.63) is 53.2 Å². The topological polar surface area (TPSA) is 68.7 Å². The molecule has 0 aliphatic heterocycles. The number of carbonyl (C=O) groups is 1. The second kappa shape index (κ2) is 16.6. The van der Waals surface area contributed by atoms with Gasteiger partial charge in [-0.3, -0.25) is 4.98 Å². The number of carbonyl (C=O) groups excluding carboxylic acids is 1. The molecule has 140 valence electrons. The zero-order valence-corrected chi connectivity index (χ0v) is 15.9. The van der Waals surface area contributed by atoms with Crippen LogP contribution in [0.25, 0.3) is 12.7 Å². The van der Waals surface area contributed by atoms with Crippen molar-refractivity contribution in [2.45, 2.75) is 27.2 Å². The third-order valence-electron chi connectivity index (χ3n) is 2.66. The van der Waals surface area contributed by atoms with E-state index in [9.17, 15) is 4.79 Å². The first-order valence-electron chi connectivity index (χ1n) is 8.02. The first-order valence-corrected chi connectivity index (χ1v) is 8.02. The number of esters is 1. The molecule has 0 radical (unpaired) electrons. The van der Waals surface area contributed by atoms with Gasteiger partial charge in [0.1, 0.15) is 0 Å². The number of aryl methyl sites for hydroxylation is 1. The van der Waals surface area contributed by atoms with Crippen LogP contribution in [0.2, 0.25) is 0 Å². The Kier molecular flexibility index (Phi) is 16.6. The van der Waals surface area contributed by atoms with Crippen molar-refractivity contribution in [2.75, 3.05) is 26.9 Å². The fraction of sp³-hybridized carbons (Fsp3) is 0.400. The minimum atomic E-state index is -0.327. The van der Waals surface area contributed by atoms with Gasteiger partial charge in [-0.1, -0.05) is 38.0 Å². The molecule has 25 heavy (non-hydrogen) atoms. The Balaban J connectivity index is 0. The van der Waals surface area contributed by atoms with Crippen molar-refractivity contribution in [1.29, 1.82) is 0 Å². The smallest absolute Gasteiger partial charge is 0.333 e. The van der Waals surface area contributed by atoms with Crippen molar-refractivity contribution in [2.24, 2.45) is 0 Å². The number of aliphatic hydroxyl groups is 1. The predicted molar refractivity (Wildman–Crippen MR) is 103 cm³/mol. The highest BCUT2D eigenvalue weighted by molar-refractivity contribution is 5.86. The van der Waals surface area contributed by atoms with E-state index in [1.165, 1.54) is 0 Å². The number of allylic oxidation sites excluding steroid dienone is 1. The van der Waals surface area contributed by atoms with Crippen molar-refractivity contribution in [3.63, 3.8) is 0 Å². The first-order chi connectivity index (χ1) is 11.9. The minimum absolute atomic E-state index is 0.327. The summed E-state index contributed by atoms with van der Waals surface area (Å²) in [5, 5.41) is 8.84. The normalized spacial score (nSPS) is 9.88. The molecule has 5 nitrogen and oxygen atoms in total. The number of hydrogen-bond acceptors (Lipinski definition) is 5. The number of aromatic nitrogens is 1. The lowest BCUT2D eigenvalue weighted by Crippen LogP contribution is -2.26. The largest absolute Gasteiger partial charge is 0.462 e. The summed E-state index contributed by atoms with van der Waals surface area (Å²) in [5.74, 6) is -0.327. The molecule has 0 aliphatic rings. The van der Waals surface area contributed by atoms with Crippen LogP contribution in [0.15, 0.2) is 36.9 Å². The van der Waals surface area contributed by atoms with Gasteiger partial charge in [-0.15, -0.1) is 0 Å². The third-order valence-corrected chi connectivity index (χ3v) is 2.66. The molecule has 1 rings (SSSR count). The Morgan fingerprint density at radius 1 is 1.32 bits per heavy atom. The Morgan fingerprint density at radius 2 is 1.96 bits per heavy atom. The molecule has 1 aromatic rings. The summed E-state index contributed by atoms with van der Waals surface area (Å²) in [6, 6.07) is 3.95. The molecule has 0 amide bonds. The van der Waals surface area contributed by atoms with Gasteiger partial charge in [-0.25, -0.2) is 4.79 Å². The lowest BCUT2D eigenvalue weighted by Gasteiger charge is -2.03. The summed E-state index contributed by atoms with van der Waals surface area (Å²) in [5.41, 5.74) is 1.43. The molecule has 0 aliphatic carbocycles. The molecule has 1 aromatic heterocycles. The maximum atomic E-state index is 10.8. The van der Waals surface area contributed by atoms with E-state index in [4.69, 9.17) is 14.6 Å². The van der Waals surface area contributed by atoms with Gasteiger partial charge >= 0.3 is 5.97 Å². The van der Waals surface area contributed by atoms with Gasteiger partial charge in [0, 0.05) is 38.0 Å². The Morgan fingerprint density at radius 3 is 2.44 bits per heavy atom. The van der Waals surface area contributed by atoms with Crippen LogP contribution in [0.4, 0.5) is 0 Å². The van der Waals surface area contributed by atoms with Gasteiger partial charge in [0.25, 0.3) is 0 Å². The van der Waals surface area contributed by atoms with Crippen LogP contribution in [-0.4, -0.2) is 43.0 Å². The van der Waals surface area contributed by atoms with Gasteiger partial charge in [0.15, 0.2) is 0 Å². The van der Waals surface area contributed by atoms with E-state index in [0.717, 1.165) is 29.8 Å². The molecule has 0 aromatic carbocycles. The average molecular weight is 349 g/mol. The number of aliphatic hydroxyl groups excluding tert-OH is 1. The van der Waals surface area contributed by atoms with E-state index in [1.807, 2.05) is 32.1 Å². The number of rotatable bonds is 7. The average Bonchev–Trinajstić information content (AvgIpc) is 2.59. The van der Waals surface area contributed by atoms with Gasteiger partial charge in [-0.05, 0) is 32.1 Å². The van der Waals surface area contributed by atoms with Crippen molar-refractivity contribution >= 4 is 18.6 Å². The Bertz CT molecular complexity index is 623. The molecule has 0 bridgehead atoms. The molecule has 5 heteroatoms. The lowest BCUT2D eigenvalue weighted by molar-refractivity contribution is -0.139. The van der Waals surface area contributed by atoms with Gasteiger partial charge in [-0.2, -0.15) is 0 Å². The van der Waals surface area contributed by atoms with Crippen LogP contribution in [0.3, 0.4) is 0 Å². The molecule has 0 atom stereocenters. The number of hydrogen-bond donors (Lipinski definition) is 1. The maximum Gasteiger partial charge on any atom is 0.333 e. The van der Waals surface area contributed by atoms with Gasteiger partial charge in [0.2, 0.25) is 0 Å². The SMILES string of the molecule is C=C(C)C(=O)OCCCOCC.C=C/C=c1/ccc(C)nc1=C.CO. The number of ether oxygens (including phenoxy) is 2. The molecular formula is C20H31NO4. The first kappa shape index (κ1) is 25.0. The summed E-state index contributed by atoms with van der Waals surface area (Å²) in [7, 11) is 1.00. The molecule has 1 heterocycles. The van der Waals surface area contributed by atoms with Crippen molar-refractivity contribution in [1.82, 2.24) is 4.98 Å². The van der Waals surface area contributed by atoms with Crippen molar-refractivity contribution < 1.29 is 19.4 Å². The highest BCUT2D eigenvalue weighted by Crippen LogP contribution is 1.93. The van der Waals surface area contributed by atoms with Crippen LogP contribution >= 0.6 is 0 Å². The fourth-order valence-electron chi connectivity index (χ4n) is 1.49. The highest BCUT2D eigenvalue weighted by atomic mass is 16.5. The summed E-state index contributed by atoms with van der Waals surface area (Å²) in [4.78, 5) is 15.0. The van der Waals surface area contributed by atoms with Crippen LogP contribution < -0.4 is 10.6 Å². The number of pyridine rings is 1. The van der Waals surface area contributed by atoms with E-state index < -0.39 is 0 Å². The summed E-state index contributed by atoms with van der Waals surface area (Å²) in [6.45, 7) is 18.1. The molecule has 0 saturated heterocycles. The molecular weight excluding hydrogens is 318 g/mol. The molecule has 1 N–H and O–H groups in total. The molecule has 0 saturated carbocycles. The molecule has 0 unspecified atom stereocenters. The Hall–Kier alpha value is -2.24. The van der Waals surface area contributed by atoms with E-state index >= 15 is 0 Å². The van der Waals surface area contributed by atoms with Crippen LogP contribution in [-0.2, 0) is 14.3 Å². The summed E-state index contributed by atoms with van der Waals surface area (Å²) < 4.78 is 9.89. The Labute approximate surface area is 151 Å². The van der Waals surface area contributed by atoms with Crippen LogP contribution in [0.1, 0.15) is 26.0 Å². The summed E-state index contributed by atoms with van der Waals surface area (Å²) in [6.07, 6.45) is 4.38. The fourth-order valence-corrected chi connectivity index (χ4v) is 1.49. The van der Waals surface area contributed by atoms with E-state index in [0.29, 0.717) is 25.4 Å². The molecule has 0 fully saturated rings. The van der Waals surface area contributed by atoms with E-state index in [-0.39, 0.29) is 5.97 Å². The zero-order chi connectivity index (χ0) is 19.7. The van der Waals surface area contributed by atoms with Crippen LogP contribution in [0, 0.1) is 6.92 Å². The minimum Gasteiger partial charge on any atom is -0.462 e. The standard InChI is InChI=1S/C10H11N.C9H16O3.CH4O/c1-4-5-10-7-6-8(2)11-9(10)3;1-4-11-6-5-7-12-9(10)8(2)3;1-2/h4-7H,1,3H2,2H3;2,4-7H2,1,3H3;2H,1H3/b10-5-;;. The second-order valence-electron chi connectivity index (χ2n) is 4.86. The summed E-state index contributed by atoms with van der Waals surface area (Å²) >= 11 is 0. The van der Waals surface area contributed by atoms with Crippen molar-refractivity contribution in [3.8, 4) is 0 Å². The van der Waals surface area contributed by atoms with Gasteiger partial charge in [0.05, 0.1) is 12.0 Å². The van der Waals surface area contributed by atoms with Crippen LogP contribution in [0.5, 0.6) is 0 Å². The van der Waals surface area contributed by atoms with E-state index in [1.54, 1.807) is 13.0 Å². The maximum absolute atomic E-state index is 10.8. The number of nitrogens with zero attached hydrogens (tertiary/aromatic N) is 1. The lowest BCUT2D eigenvalue weighted by atomic mass is 10.3. The predicted octanol–water partition coefficient (Wildman–Crippen LogP) is 1.91. The van der Waals surface area contributed by atoms with Gasteiger partial charge < -0.3 is 14.6 Å². The monoisotopic (exact) mass is 349 g/mol. The highest BCUT2D eigenvalue weighted by Gasteiger charge is 2.01. The second-order valence-corrected chi connectivity index (χ2v) is 4.86. The van der Waals surface area contributed by atoms with E-state index in [2.05, 4.69) is 24.7 Å². The molecule has 0 spiro atoms. The third kappa shape index (κ3) is 13.9.